The molecule has 2 amide bonds. The number of carbonyl (C=O) groups is 2. The normalized spacial score (nSPS) is 16.0. The minimum Gasteiger partial charge on any atom is -0.369 e. The van der Waals surface area contributed by atoms with Gasteiger partial charge in [0.05, 0.1) is 5.75 Å². The highest BCUT2D eigenvalue weighted by Crippen LogP contribution is 2.19. The van der Waals surface area contributed by atoms with Crippen molar-refractivity contribution in [1.82, 2.24) is 4.90 Å². The van der Waals surface area contributed by atoms with E-state index < -0.39 is 0 Å². The molecule has 1 aliphatic heterocycles. The molecule has 1 aromatic rings. The van der Waals surface area contributed by atoms with Crippen molar-refractivity contribution >= 4 is 23.6 Å². The molecule has 0 bridgehead atoms. The molecule has 5 heteroatoms. The molecule has 0 aliphatic carbocycles. The van der Waals surface area contributed by atoms with Crippen molar-refractivity contribution in [3.63, 3.8) is 0 Å². The van der Waals surface area contributed by atoms with Crippen molar-refractivity contribution in [3.8, 4) is 0 Å². The van der Waals surface area contributed by atoms with Crippen molar-refractivity contribution in [2.24, 2.45) is 11.7 Å². The van der Waals surface area contributed by atoms with Crippen LogP contribution in [0.1, 0.15) is 24.0 Å². The predicted molar refractivity (Wildman–Crippen MR) is 85.8 cm³/mol. The second-order valence-electron chi connectivity index (χ2n) is 5.48. The molecule has 1 aliphatic rings. The maximum Gasteiger partial charge on any atom is 0.232 e. The zero-order chi connectivity index (χ0) is 15.2. The summed E-state index contributed by atoms with van der Waals surface area (Å²) < 4.78 is 0. The third-order valence-corrected chi connectivity index (χ3v) is 4.96. The molecule has 1 fully saturated rings. The molecule has 0 atom stereocenters. The molecule has 0 unspecified atom stereocenters. The van der Waals surface area contributed by atoms with Gasteiger partial charge < -0.3 is 10.6 Å². The lowest BCUT2D eigenvalue weighted by Gasteiger charge is -2.30. The number of aryl methyl sites for hydroxylation is 1. The maximum absolute atomic E-state index is 12.1. The number of carbonyl (C=O) groups excluding carboxylic acids is 2. The number of nitrogens with zero attached hydrogens (tertiary/aromatic N) is 1. The van der Waals surface area contributed by atoms with E-state index in [1.807, 2.05) is 17.0 Å². The van der Waals surface area contributed by atoms with E-state index in [9.17, 15) is 9.59 Å². The molecule has 0 saturated carbocycles. The Balaban J connectivity index is 1.73. The molecule has 0 spiro atoms. The van der Waals surface area contributed by atoms with Gasteiger partial charge in [0.15, 0.2) is 0 Å². The van der Waals surface area contributed by atoms with E-state index >= 15 is 0 Å². The van der Waals surface area contributed by atoms with Crippen LogP contribution in [-0.4, -0.2) is 35.6 Å². The Bertz CT molecular complexity index is 511. The molecule has 1 aromatic carbocycles. The summed E-state index contributed by atoms with van der Waals surface area (Å²) in [6.07, 6.45) is 1.40. The second kappa shape index (κ2) is 7.50. The van der Waals surface area contributed by atoms with Crippen LogP contribution in [0.4, 0.5) is 0 Å². The molecular formula is C16H22N2O2S. The third-order valence-electron chi connectivity index (χ3n) is 3.99. The summed E-state index contributed by atoms with van der Waals surface area (Å²) in [6.45, 7) is 3.39. The van der Waals surface area contributed by atoms with Gasteiger partial charge in [-0.3, -0.25) is 9.59 Å². The van der Waals surface area contributed by atoms with Crippen LogP contribution in [0.5, 0.6) is 0 Å². The highest BCUT2D eigenvalue weighted by molar-refractivity contribution is 7.99. The fraction of sp³-hybridized carbons (Fsp3) is 0.500. The number of amides is 2. The van der Waals surface area contributed by atoms with Gasteiger partial charge in [-0.2, -0.15) is 0 Å². The summed E-state index contributed by atoms with van der Waals surface area (Å²) in [6, 6.07) is 8.24. The third kappa shape index (κ3) is 4.49. The second-order valence-corrected chi connectivity index (χ2v) is 6.46. The first kappa shape index (κ1) is 15.9. The van der Waals surface area contributed by atoms with E-state index in [-0.39, 0.29) is 17.7 Å². The number of rotatable bonds is 5. The fourth-order valence-electron chi connectivity index (χ4n) is 2.53. The van der Waals surface area contributed by atoms with Crippen LogP contribution >= 0.6 is 11.8 Å². The molecule has 0 radical (unpaired) electrons. The molecule has 1 heterocycles. The van der Waals surface area contributed by atoms with Gasteiger partial charge in [0, 0.05) is 24.8 Å². The largest absolute Gasteiger partial charge is 0.369 e. The molecule has 21 heavy (non-hydrogen) atoms. The van der Waals surface area contributed by atoms with Crippen LogP contribution in [0.3, 0.4) is 0 Å². The number of benzene rings is 1. The average Bonchev–Trinajstić information content (AvgIpc) is 2.49. The summed E-state index contributed by atoms with van der Waals surface area (Å²) >= 11 is 1.65. The van der Waals surface area contributed by atoms with Gasteiger partial charge in [-0.05, 0) is 30.9 Å². The summed E-state index contributed by atoms with van der Waals surface area (Å²) in [5.74, 6) is 1.22. The fourth-order valence-corrected chi connectivity index (χ4v) is 3.53. The highest BCUT2D eigenvalue weighted by Gasteiger charge is 2.25. The number of primary amides is 1. The Morgan fingerprint density at radius 3 is 2.57 bits per heavy atom. The van der Waals surface area contributed by atoms with Gasteiger partial charge >= 0.3 is 0 Å². The molecule has 114 valence electrons. The Morgan fingerprint density at radius 2 is 1.95 bits per heavy atom. The molecular weight excluding hydrogens is 284 g/mol. The Hall–Kier alpha value is -1.49. The lowest BCUT2D eigenvalue weighted by atomic mass is 9.96. The monoisotopic (exact) mass is 306 g/mol. The quantitative estimate of drug-likeness (QED) is 0.904. The Morgan fingerprint density at radius 1 is 1.29 bits per heavy atom. The highest BCUT2D eigenvalue weighted by atomic mass is 32.2. The smallest absolute Gasteiger partial charge is 0.232 e. The van der Waals surface area contributed by atoms with E-state index in [0.29, 0.717) is 31.7 Å². The summed E-state index contributed by atoms with van der Waals surface area (Å²) in [7, 11) is 0. The van der Waals surface area contributed by atoms with Gasteiger partial charge in [0.1, 0.15) is 0 Å². The molecule has 1 saturated heterocycles. The van der Waals surface area contributed by atoms with Crippen LogP contribution in [-0.2, 0) is 15.3 Å². The van der Waals surface area contributed by atoms with Crippen molar-refractivity contribution in [2.75, 3.05) is 18.8 Å². The van der Waals surface area contributed by atoms with Crippen LogP contribution in [0, 0.1) is 12.8 Å². The van der Waals surface area contributed by atoms with Gasteiger partial charge in [0.2, 0.25) is 11.8 Å². The van der Waals surface area contributed by atoms with Gasteiger partial charge in [-0.15, -0.1) is 11.8 Å². The van der Waals surface area contributed by atoms with Crippen molar-refractivity contribution in [1.29, 1.82) is 0 Å². The van der Waals surface area contributed by atoms with Gasteiger partial charge in [-0.1, -0.05) is 24.3 Å². The first-order chi connectivity index (χ1) is 10.1. The van der Waals surface area contributed by atoms with E-state index in [0.717, 1.165) is 5.75 Å². The minimum absolute atomic E-state index is 0.0614. The predicted octanol–water partition coefficient (Wildman–Crippen LogP) is 1.95. The van der Waals surface area contributed by atoms with Crippen LogP contribution in [0.15, 0.2) is 24.3 Å². The lowest BCUT2D eigenvalue weighted by Crippen LogP contribution is -2.42. The number of thioether (sulfide) groups is 1. The summed E-state index contributed by atoms with van der Waals surface area (Å²) in [4.78, 5) is 25.1. The molecule has 2 rings (SSSR count). The first-order valence-corrected chi connectivity index (χ1v) is 8.42. The van der Waals surface area contributed by atoms with E-state index in [1.165, 1.54) is 11.1 Å². The SMILES string of the molecule is Cc1ccccc1CSCC(=O)N1CCC(C(N)=O)CC1. The van der Waals surface area contributed by atoms with Crippen LogP contribution < -0.4 is 5.73 Å². The standard InChI is InChI=1S/C16H22N2O2S/c1-12-4-2-3-5-14(12)10-21-11-15(19)18-8-6-13(7-9-18)16(17)20/h2-5,13H,6-11H2,1H3,(H2,17,20). The number of piperidine rings is 1. The minimum atomic E-state index is -0.240. The number of likely N-dealkylation sites (tertiary alicyclic amines) is 1. The van der Waals surface area contributed by atoms with Crippen LogP contribution in [0.25, 0.3) is 0 Å². The van der Waals surface area contributed by atoms with Crippen molar-refractivity contribution in [3.05, 3.63) is 35.4 Å². The number of nitrogens with two attached hydrogens (primary N) is 1. The van der Waals surface area contributed by atoms with E-state index in [1.54, 1.807) is 11.8 Å². The average molecular weight is 306 g/mol. The van der Waals surface area contributed by atoms with E-state index in [4.69, 9.17) is 5.73 Å². The first-order valence-electron chi connectivity index (χ1n) is 7.27. The lowest BCUT2D eigenvalue weighted by molar-refractivity contribution is -0.132. The molecule has 2 N–H and O–H groups in total. The zero-order valence-corrected chi connectivity index (χ0v) is 13.2. The Kier molecular flexibility index (Phi) is 5.67. The Labute approximate surface area is 130 Å². The van der Waals surface area contributed by atoms with Gasteiger partial charge in [0.25, 0.3) is 0 Å². The van der Waals surface area contributed by atoms with Crippen molar-refractivity contribution < 1.29 is 9.59 Å². The molecule has 4 nitrogen and oxygen atoms in total. The maximum atomic E-state index is 12.1. The van der Waals surface area contributed by atoms with Gasteiger partial charge in [-0.25, -0.2) is 0 Å². The summed E-state index contributed by atoms with van der Waals surface area (Å²) in [5.41, 5.74) is 7.84. The van der Waals surface area contributed by atoms with E-state index in [2.05, 4.69) is 19.1 Å². The summed E-state index contributed by atoms with van der Waals surface area (Å²) in [5, 5.41) is 0. The van der Waals surface area contributed by atoms with Crippen LogP contribution in [0.2, 0.25) is 0 Å². The van der Waals surface area contributed by atoms with Crippen molar-refractivity contribution in [2.45, 2.75) is 25.5 Å². The number of hydrogen-bond acceptors (Lipinski definition) is 3. The molecule has 0 aromatic heterocycles. The number of hydrogen-bond donors (Lipinski definition) is 1. The zero-order valence-electron chi connectivity index (χ0n) is 12.4. The topological polar surface area (TPSA) is 63.4 Å².